The third-order valence-electron chi connectivity index (χ3n) is 5.49. The zero-order valence-electron chi connectivity index (χ0n) is 15.0. The molecule has 1 aromatic carbocycles. The van der Waals surface area contributed by atoms with E-state index in [-0.39, 0.29) is 11.4 Å². The number of anilines is 1. The Morgan fingerprint density at radius 3 is 2.44 bits per heavy atom. The van der Waals surface area contributed by atoms with E-state index in [9.17, 15) is 4.79 Å². The number of nitrogens with zero attached hydrogens (tertiary/aromatic N) is 3. The second-order valence-corrected chi connectivity index (χ2v) is 7.34. The van der Waals surface area contributed by atoms with Crippen LogP contribution in [0.2, 0.25) is 0 Å². The number of ketones is 1. The molecule has 0 atom stereocenters. The quantitative estimate of drug-likeness (QED) is 0.798. The molecule has 1 fully saturated rings. The standard InChI is InChI=1S/C20H23N3O2/c1-13-10-16-17(24)12-20(25-18(16)11-14(13)2)6-8-23(9-7-20)19-5-4-15(3)21-22-19/h4-5,10-11H,6-9,12H2,1-3H3. The minimum atomic E-state index is -0.375. The molecule has 0 unspecified atom stereocenters. The number of benzene rings is 1. The molecule has 0 radical (unpaired) electrons. The van der Waals surface area contributed by atoms with Crippen LogP contribution in [0, 0.1) is 20.8 Å². The van der Waals surface area contributed by atoms with E-state index in [1.807, 2.05) is 38.1 Å². The summed E-state index contributed by atoms with van der Waals surface area (Å²) < 4.78 is 6.39. The maximum atomic E-state index is 12.7. The largest absolute Gasteiger partial charge is 0.486 e. The van der Waals surface area contributed by atoms with Gasteiger partial charge >= 0.3 is 0 Å². The fraction of sp³-hybridized carbons (Fsp3) is 0.450. The van der Waals surface area contributed by atoms with Gasteiger partial charge in [-0.2, -0.15) is 5.10 Å². The molecule has 130 valence electrons. The second kappa shape index (κ2) is 5.83. The summed E-state index contributed by atoms with van der Waals surface area (Å²) in [5.74, 6) is 1.85. The van der Waals surface area contributed by atoms with Gasteiger partial charge in [0.15, 0.2) is 11.6 Å². The van der Waals surface area contributed by atoms with E-state index in [1.54, 1.807) is 0 Å². The van der Waals surface area contributed by atoms with E-state index in [0.29, 0.717) is 6.42 Å². The van der Waals surface area contributed by atoms with Gasteiger partial charge in [0.05, 0.1) is 17.7 Å². The van der Waals surface area contributed by atoms with Crippen LogP contribution in [0.4, 0.5) is 5.82 Å². The van der Waals surface area contributed by atoms with E-state index in [2.05, 4.69) is 22.0 Å². The van der Waals surface area contributed by atoms with Crippen LogP contribution in [0.25, 0.3) is 0 Å². The molecule has 0 bridgehead atoms. The molecule has 2 aliphatic heterocycles. The smallest absolute Gasteiger partial charge is 0.170 e. The van der Waals surface area contributed by atoms with Crippen LogP contribution in [0.5, 0.6) is 5.75 Å². The molecular formula is C20H23N3O2. The number of fused-ring (bicyclic) bond motifs is 1. The summed E-state index contributed by atoms with van der Waals surface area (Å²) in [6.45, 7) is 7.68. The van der Waals surface area contributed by atoms with Crippen molar-refractivity contribution in [3.63, 3.8) is 0 Å². The molecule has 1 aromatic heterocycles. The van der Waals surface area contributed by atoms with Gasteiger partial charge in [-0.1, -0.05) is 0 Å². The molecule has 1 saturated heterocycles. The fourth-order valence-electron chi connectivity index (χ4n) is 3.73. The zero-order valence-corrected chi connectivity index (χ0v) is 15.0. The SMILES string of the molecule is Cc1ccc(N2CCC3(CC2)CC(=O)c2cc(C)c(C)cc2O3)nn1. The Kier molecular flexibility index (Phi) is 3.74. The predicted molar refractivity (Wildman–Crippen MR) is 96.4 cm³/mol. The summed E-state index contributed by atoms with van der Waals surface area (Å²) in [5, 5.41) is 8.42. The van der Waals surface area contributed by atoms with Gasteiger partial charge in [-0.3, -0.25) is 4.79 Å². The van der Waals surface area contributed by atoms with E-state index in [4.69, 9.17) is 4.74 Å². The summed E-state index contributed by atoms with van der Waals surface area (Å²) in [6, 6.07) is 7.97. The highest BCUT2D eigenvalue weighted by atomic mass is 16.5. The van der Waals surface area contributed by atoms with Crippen molar-refractivity contribution in [2.24, 2.45) is 0 Å². The molecule has 0 aliphatic carbocycles. The minimum absolute atomic E-state index is 0.202. The topological polar surface area (TPSA) is 55.3 Å². The van der Waals surface area contributed by atoms with Crippen molar-refractivity contribution < 1.29 is 9.53 Å². The van der Waals surface area contributed by atoms with Crippen LogP contribution < -0.4 is 9.64 Å². The van der Waals surface area contributed by atoms with Crippen molar-refractivity contribution in [3.05, 3.63) is 46.6 Å². The van der Waals surface area contributed by atoms with Gasteiger partial charge in [0, 0.05) is 25.9 Å². The monoisotopic (exact) mass is 337 g/mol. The first-order valence-corrected chi connectivity index (χ1v) is 8.85. The molecule has 0 saturated carbocycles. The summed E-state index contributed by atoms with van der Waals surface area (Å²) in [7, 11) is 0. The van der Waals surface area contributed by atoms with Crippen molar-refractivity contribution in [1.82, 2.24) is 10.2 Å². The van der Waals surface area contributed by atoms with Crippen LogP contribution in [-0.2, 0) is 0 Å². The fourth-order valence-corrected chi connectivity index (χ4v) is 3.73. The number of carbonyl (C=O) groups is 1. The average molecular weight is 337 g/mol. The van der Waals surface area contributed by atoms with Crippen LogP contribution >= 0.6 is 0 Å². The molecule has 5 nitrogen and oxygen atoms in total. The van der Waals surface area contributed by atoms with E-state index in [1.165, 1.54) is 0 Å². The summed E-state index contributed by atoms with van der Waals surface area (Å²) in [4.78, 5) is 14.9. The number of rotatable bonds is 1. The molecular weight excluding hydrogens is 314 g/mol. The number of aryl methyl sites for hydroxylation is 3. The van der Waals surface area contributed by atoms with Crippen molar-refractivity contribution in [2.45, 2.75) is 45.6 Å². The van der Waals surface area contributed by atoms with Crippen LogP contribution in [0.15, 0.2) is 24.3 Å². The van der Waals surface area contributed by atoms with Gasteiger partial charge in [-0.05, 0) is 56.2 Å². The number of Topliss-reactive ketones (excluding diaryl/α,β-unsaturated/α-hetero) is 1. The maximum Gasteiger partial charge on any atom is 0.170 e. The summed E-state index contributed by atoms with van der Waals surface area (Å²) >= 11 is 0. The molecule has 25 heavy (non-hydrogen) atoms. The number of ether oxygens (including phenoxy) is 1. The average Bonchev–Trinajstić information content (AvgIpc) is 2.59. The number of hydrogen-bond acceptors (Lipinski definition) is 5. The molecule has 2 aliphatic rings. The predicted octanol–water partition coefficient (Wildman–Crippen LogP) is 3.41. The van der Waals surface area contributed by atoms with Crippen molar-refractivity contribution >= 4 is 11.6 Å². The number of aromatic nitrogens is 2. The number of piperidine rings is 1. The molecule has 2 aromatic rings. The van der Waals surface area contributed by atoms with Crippen LogP contribution in [0.1, 0.15) is 46.4 Å². The molecule has 0 N–H and O–H groups in total. The third kappa shape index (κ3) is 2.88. The molecule has 4 rings (SSSR count). The lowest BCUT2D eigenvalue weighted by atomic mass is 9.82. The van der Waals surface area contributed by atoms with Gasteiger partial charge in [0.25, 0.3) is 0 Å². The first-order valence-electron chi connectivity index (χ1n) is 8.85. The molecule has 5 heteroatoms. The Hall–Kier alpha value is -2.43. The van der Waals surface area contributed by atoms with Crippen LogP contribution in [-0.4, -0.2) is 34.7 Å². The second-order valence-electron chi connectivity index (χ2n) is 7.34. The highest BCUT2D eigenvalue weighted by Crippen LogP contribution is 2.40. The lowest BCUT2D eigenvalue weighted by molar-refractivity contribution is 0.0230. The van der Waals surface area contributed by atoms with Gasteiger partial charge < -0.3 is 9.64 Å². The Morgan fingerprint density at radius 1 is 1.04 bits per heavy atom. The molecule has 1 spiro atoms. The lowest BCUT2D eigenvalue weighted by Gasteiger charge is -2.44. The highest BCUT2D eigenvalue weighted by molar-refractivity contribution is 6.00. The minimum Gasteiger partial charge on any atom is -0.486 e. The number of carbonyl (C=O) groups excluding carboxylic acids is 1. The molecule has 3 heterocycles. The van der Waals surface area contributed by atoms with Gasteiger partial charge in [-0.25, -0.2) is 0 Å². The Balaban J connectivity index is 1.54. The van der Waals surface area contributed by atoms with E-state index in [0.717, 1.165) is 59.9 Å². The van der Waals surface area contributed by atoms with E-state index < -0.39 is 0 Å². The van der Waals surface area contributed by atoms with Crippen molar-refractivity contribution in [3.8, 4) is 5.75 Å². The van der Waals surface area contributed by atoms with Crippen LogP contribution in [0.3, 0.4) is 0 Å². The first kappa shape index (κ1) is 16.1. The van der Waals surface area contributed by atoms with Crippen molar-refractivity contribution in [2.75, 3.05) is 18.0 Å². The highest BCUT2D eigenvalue weighted by Gasteiger charge is 2.43. The molecule has 0 amide bonds. The summed E-state index contributed by atoms with van der Waals surface area (Å²) in [5.41, 5.74) is 3.58. The number of hydrogen-bond donors (Lipinski definition) is 0. The van der Waals surface area contributed by atoms with Gasteiger partial charge in [0.1, 0.15) is 11.4 Å². The van der Waals surface area contributed by atoms with Gasteiger partial charge in [0.2, 0.25) is 0 Å². The van der Waals surface area contributed by atoms with Gasteiger partial charge in [-0.15, -0.1) is 5.10 Å². The Labute approximate surface area is 148 Å². The Bertz CT molecular complexity index is 822. The summed E-state index contributed by atoms with van der Waals surface area (Å²) in [6.07, 6.45) is 2.11. The first-order chi connectivity index (χ1) is 12.0. The normalized spacial score (nSPS) is 18.8. The zero-order chi connectivity index (χ0) is 17.6. The Morgan fingerprint density at radius 2 is 1.76 bits per heavy atom. The van der Waals surface area contributed by atoms with Crippen molar-refractivity contribution in [1.29, 1.82) is 0 Å². The lowest BCUT2D eigenvalue weighted by Crippen LogP contribution is -2.51. The third-order valence-corrected chi connectivity index (χ3v) is 5.49. The van der Waals surface area contributed by atoms with E-state index >= 15 is 0 Å². The maximum absolute atomic E-state index is 12.7.